The highest BCUT2D eigenvalue weighted by molar-refractivity contribution is 6.23. The number of para-hydroxylation sites is 4. The summed E-state index contributed by atoms with van der Waals surface area (Å²) in [6.07, 6.45) is 0. The lowest BCUT2D eigenvalue weighted by molar-refractivity contribution is 1.18. The summed E-state index contributed by atoms with van der Waals surface area (Å²) in [7, 11) is 0. The van der Waals surface area contributed by atoms with Gasteiger partial charge in [-0.15, -0.1) is 0 Å². The van der Waals surface area contributed by atoms with Gasteiger partial charge in [0.15, 0.2) is 0 Å². The van der Waals surface area contributed by atoms with Crippen molar-refractivity contribution in [3.05, 3.63) is 109 Å². The van der Waals surface area contributed by atoms with Crippen LogP contribution < -0.4 is 0 Å². The van der Waals surface area contributed by atoms with Crippen LogP contribution in [0.1, 0.15) is 0 Å². The zero-order chi connectivity index (χ0) is 20.8. The van der Waals surface area contributed by atoms with E-state index in [1.54, 1.807) is 0 Å². The smallest absolute Gasteiger partial charge is 0.0620 e. The minimum absolute atomic E-state index is 1.19. The van der Waals surface area contributed by atoms with E-state index >= 15 is 0 Å². The Balaban J connectivity index is 1.57. The van der Waals surface area contributed by atoms with Gasteiger partial charge in [-0.25, -0.2) is 0 Å². The molecule has 3 aromatic heterocycles. The quantitative estimate of drug-likeness (QED) is 0.262. The summed E-state index contributed by atoms with van der Waals surface area (Å²) in [5.74, 6) is 0. The van der Waals surface area contributed by atoms with Crippen LogP contribution in [0.4, 0.5) is 0 Å². The van der Waals surface area contributed by atoms with Gasteiger partial charge in [0.25, 0.3) is 0 Å². The van der Waals surface area contributed by atoms with Crippen LogP contribution >= 0.6 is 0 Å². The molecule has 148 valence electrons. The van der Waals surface area contributed by atoms with Crippen LogP contribution in [0.25, 0.3) is 65.6 Å². The van der Waals surface area contributed by atoms with E-state index in [2.05, 4.69) is 118 Å². The molecule has 0 saturated heterocycles. The lowest BCUT2D eigenvalue weighted by Gasteiger charge is -2.09. The molecule has 0 aliphatic heterocycles. The first-order valence-corrected chi connectivity index (χ1v) is 11.1. The molecule has 32 heavy (non-hydrogen) atoms. The molecule has 2 heteroatoms. The predicted octanol–water partition coefficient (Wildman–Crippen LogP) is 7.93. The van der Waals surface area contributed by atoms with Gasteiger partial charge in [-0.2, -0.15) is 0 Å². The third kappa shape index (κ3) is 1.86. The van der Waals surface area contributed by atoms with E-state index in [1.165, 1.54) is 65.6 Å². The first kappa shape index (κ1) is 16.4. The summed E-state index contributed by atoms with van der Waals surface area (Å²) >= 11 is 0. The van der Waals surface area contributed by atoms with Crippen molar-refractivity contribution in [1.29, 1.82) is 0 Å². The predicted molar refractivity (Wildman–Crippen MR) is 135 cm³/mol. The molecule has 0 saturated carbocycles. The van der Waals surface area contributed by atoms with Gasteiger partial charge in [0.2, 0.25) is 0 Å². The summed E-state index contributed by atoms with van der Waals surface area (Å²) in [4.78, 5) is 0. The molecule has 0 spiro atoms. The molecule has 5 aromatic carbocycles. The molecular formula is C30H18N2. The zero-order valence-corrected chi connectivity index (χ0v) is 17.3. The number of benzene rings is 5. The van der Waals surface area contributed by atoms with E-state index in [0.717, 1.165) is 0 Å². The van der Waals surface area contributed by atoms with E-state index in [4.69, 9.17) is 0 Å². The molecule has 0 aliphatic rings. The first-order chi connectivity index (χ1) is 15.9. The van der Waals surface area contributed by atoms with Gasteiger partial charge in [0, 0.05) is 38.0 Å². The van der Waals surface area contributed by atoms with Crippen LogP contribution in [-0.4, -0.2) is 8.97 Å². The maximum Gasteiger partial charge on any atom is 0.0620 e. The number of aromatic nitrogens is 2. The average Bonchev–Trinajstić information content (AvgIpc) is 3.48. The molecule has 0 atom stereocenters. The highest BCUT2D eigenvalue weighted by Gasteiger charge is 2.18. The second kappa shape index (κ2) is 5.68. The van der Waals surface area contributed by atoms with Crippen LogP contribution in [0.2, 0.25) is 0 Å². The van der Waals surface area contributed by atoms with Crippen LogP contribution in [0.5, 0.6) is 0 Å². The molecule has 8 rings (SSSR count). The van der Waals surface area contributed by atoms with Gasteiger partial charge in [-0.05, 0) is 30.3 Å². The van der Waals surface area contributed by atoms with E-state index in [-0.39, 0.29) is 0 Å². The second-order valence-corrected chi connectivity index (χ2v) is 8.63. The van der Waals surface area contributed by atoms with Gasteiger partial charge in [-0.3, -0.25) is 0 Å². The van der Waals surface area contributed by atoms with Gasteiger partial charge in [0.1, 0.15) is 0 Å². The molecule has 0 N–H and O–H groups in total. The van der Waals surface area contributed by atoms with E-state index < -0.39 is 0 Å². The molecule has 0 aliphatic carbocycles. The summed E-state index contributed by atoms with van der Waals surface area (Å²) < 4.78 is 4.85. The molecule has 2 nitrogen and oxygen atoms in total. The van der Waals surface area contributed by atoms with Gasteiger partial charge < -0.3 is 8.97 Å². The maximum atomic E-state index is 2.45. The summed E-state index contributed by atoms with van der Waals surface area (Å²) in [5, 5.41) is 7.86. The third-order valence-corrected chi connectivity index (χ3v) is 7.05. The normalized spacial score (nSPS) is 12.4. The Bertz CT molecular complexity index is 1930. The van der Waals surface area contributed by atoms with Crippen molar-refractivity contribution < 1.29 is 0 Å². The molecular weight excluding hydrogens is 388 g/mol. The SMILES string of the molecule is c1ccc2c(c1)c1ccccc1n2-c1ccc2c3cccc4c5ccccc5n(c2c1)c43. The second-order valence-electron chi connectivity index (χ2n) is 8.63. The zero-order valence-electron chi connectivity index (χ0n) is 17.3. The lowest BCUT2D eigenvalue weighted by Crippen LogP contribution is -1.94. The van der Waals surface area contributed by atoms with Crippen molar-refractivity contribution >= 4 is 59.9 Å². The molecule has 8 aromatic rings. The van der Waals surface area contributed by atoms with Crippen molar-refractivity contribution in [1.82, 2.24) is 8.97 Å². The fourth-order valence-corrected chi connectivity index (χ4v) is 5.76. The summed E-state index contributed by atoms with van der Waals surface area (Å²) in [6, 6.07) is 39.8. The number of hydrogen-bond acceptors (Lipinski definition) is 0. The standard InChI is InChI=1S/C30H18N2/c1-4-13-26-20(8-1)21-9-2-5-14-27(21)31(26)19-16-17-23-25-12-7-11-24-22-10-3-6-15-28(22)32(30(24)25)29(23)18-19/h1-18H. The Morgan fingerprint density at radius 1 is 0.375 bits per heavy atom. The molecule has 0 bridgehead atoms. The molecule has 0 fully saturated rings. The summed E-state index contributed by atoms with van der Waals surface area (Å²) in [6.45, 7) is 0. The van der Waals surface area contributed by atoms with Crippen LogP contribution in [0.3, 0.4) is 0 Å². The Labute approximate surface area is 183 Å². The number of nitrogens with zero attached hydrogens (tertiary/aromatic N) is 2. The molecule has 0 unspecified atom stereocenters. The minimum Gasteiger partial charge on any atom is -0.309 e. The van der Waals surface area contributed by atoms with Crippen LogP contribution in [0, 0.1) is 0 Å². The minimum atomic E-state index is 1.19. The number of hydrogen-bond donors (Lipinski definition) is 0. The molecule has 0 radical (unpaired) electrons. The monoisotopic (exact) mass is 406 g/mol. The number of rotatable bonds is 1. The maximum absolute atomic E-state index is 2.45. The Hall–Kier alpha value is -4.30. The fourth-order valence-electron chi connectivity index (χ4n) is 5.76. The van der Waals surface area contributed by atoms with E-state index in [9.17, 15) is 0 Å². The highest BCUT2D eigenvalue weighted by Crippen LogP contribution is 2.40. The molecule has 0 amide bonds. The largest absolute Gasteiger partial charge is 0.309 e. The van der Waals surface area contributed by atoms with Gasteiger partial charge in [-0.1, -0.05) is 78.9 Å². The fraction of sp³-hybridized carbons (Fsp3) is 0. The van der Waals surface area contributed by atoms with Crippen molar-refractivity contribution in [3.8, 4) is 5.69 Å². The van der Waals surface area contributed by atoms with Gasteiger partial charge in [0.05, 0.1) is 27.6 Å². The third-order valence-electron chi connectivity index (χ3n) is 7.05. The topological polar surface area (TPSA) is 9.34 Å². The Morgan fingerprint density at radius 3 is 1.53 bits per heavy atom. The van der Waals surface area contributed by atoms with Crippen LogP contribution in [-0.2, 0) is 0 Å². The average molecular weight is 406 g/mol. The van der Waals surface area contributed by atoms with Crippen molar-refractivity contribution in [2.75, 3.05) is 0 Å². The Kier molecular flexibility index (Phi) is 2.91. The number of fused-ring (bicyclic) bond motifs is 9. The van der Waals surface area contributed by atoms with Crippen molar-refractivity contribution in [2.24, 2.45) is 0 Å². The first-order valence-electron chi connectivity index (χ1n) is 11.1. The summed E-state index contributed by atoms with van der Waals surface area (Å²) in [5.41, 5.74) is 7.53. The Morgan fingerprint density at radius 2 is 0.875 bits per heavy atom. The molecule has 3 heterocycles. The van der Waals surface area contributed by atoms with E-state index in [1.807, 2.05) is 0 Å². The van der Waals surface area contributed by atoms with Crippen LogP contribution in [0.15, 0.2) is 109 Å². The van der Waals surface area contributed by atoms with Gasteiger partial charge >= 0.3 is 0 Å². The van der Waals surface area contributed by atoms with Crippen molar-refractivity contribution in [2.45, 2.75) is 0 Å². The van der Waals surface area contributed by atoms with Crippen molar-refractivity contribution in [3.63, 3.8) is 0 Å². The highest BCUT2D eigenvalue weighted by atomic mass is 15.0. The van der Waals surface area contributed by atoms with E-state index in [0.29, 0.717) is 0 Å². The lowest BCUT2D eigenvalue weighted by atomic mass is 10.1.